The van der Waals surface area contributed by atoms with Crippen LogP contribution in [0, 0.1) is 6.92 Å². The minimum atomic E-state index is 1.08. The molecule has 1 aromatic heterocycles. The summed E-state index contributed by atoms with van der Waals surface area (Å²) in [5, 5.41) is 0. The molecule has 0 atom stereocenters. The van der Waals surface area contributed by atoms with E-state index in [1.807, 2.05) is 12.5 Å². The van der Waals surface area contributed by atoms with Gasteiger partial charge in [0.2, 0.25) is 0 Å². The van der Waals surface area contributed by atoms with Crippen molar-refractivity contribution in [1.82, 2.24) is 0 Å². The Morgan fingerprint density at radius 1 is 0.704 bits per heavy atom. The molecule has 0 saturated heterocycles. The maximum atomic E-state index is 5.23. The van der Waals surface area contributed by atoms with E-state index >= 15 is 0 Å². The summed E-state index contributed by atoms with van der Waals surface area (Å²) >= 11 is 0. The van der Waals surface area contributed by atoms with Gasteiger partial charge < -0.3 is 4.42 Å². The molecule has 0 spiro atoms. The average Bonchev–Trinajstić information content (AvgIpc) is 2.99. The first-order valence-corrected chi connectivity index (χ1v) is 10.5. The molecule has 0 aliphatic heterocycles. The van der Waals surface area contributed by atoms with E-state index in [0.717, 1.165) is 19.3 Å². The largest absolute Gasteiger partial charge is 0.472 e. The van der Waals surface area contributed by atoms with Crippen LogP contribution in [0.15, 0.2) is 63.5 Å². The SMILES string of the molecule is CC(C)=CCC/C(C)=C/CC/C(C)=C/CC/C(C)=C/CCc1cocc1C. The van der Waals surface area contributed by atoms with Gasteiger partial charge in [0, 0.05) is 0 Å². The van der Waals surface area contributed by atoms with Crippen LogP contribution in [0.1, 0.15) is 90.7 Å². The van der Waals surface area contributed by atoms with Gasteiger partial charge in [0.15, 0.2) is 0 Å². The molecule has 0 N–H and O–H groups in total. The van der Waals surface area contributed by atoms with Gasteiger partial charge in [0.05, 0.1) is 12.5 Å². The van der Waals surface area contributed by atoms with E-state index in [-0.39, 0.29) is 0 Å². The van der Waals surface area contributed by atoms with Crippen molar-refractivity contribution in [3.05, 3.63) is 70.2 Å². The first-order chi connectivity index (χ1) is 12.9. The summed E-state index contributed by atoms with van der Waals surface area (Å²) in [4.78, 5) is 0. The third-order valence-corrected chi connectivity index (χ3v) is 5.02. The average molecular weight is 369 g/mol. The minimum absolute atomic E-state index is 1.08. The molecule has 0 aliphatic rings. The number of furan rings is 1. The van der Waals surface area contributed by atoms with Crippen LogP contribution in [0.4, 0.5) is 0 Å². The Bertz CT molecular complexity index is 660. The lowest BCUT2D eigenvalue weighted by atomic mass is 10.0. The maximum Gasteiger partial charge on any atom is 0.0937 e. The smallest absolute Gasteiger partial charge is 0.0937 e. The second kappa shape index (κ2) is 13.4. The second-order valence-corrected chi connectivity index (χ2v) is 8.17. The zero-order chi connectivity index (χ0) is 20.1. The quantitative estimate of drug-likeness (QED) is 0.336. The van der Waals surface area contributed by atoms with Gasteiger partial charge in [0.25, 0.3) is 0 Å². The topological polar surface area (TPSA) is 13.1 Å². The predicted molar refractivity (Wildman–Crippen MR) is 120 cm³/mol. The highest BCUT2D eigenvalue weighted by atomic mass is 16.3. The van der Waals surface area contributed by atoms with Crippen LogP contribution in [-0.4, -0.2) is 0 Å². The molecule has 150 valence electrons. The number of aryl methyl sites for hydroxylation is 2. The van der Waals surface area contributed by atoms with E-state index < -0.39 is 0 Å². The highest BCUT2D eigenvalue weighted by Gasteiger charge is 1.99. The predicted octanol–water partition coefficient (Wildman–Crippen LogP) is 8.67. The molecular weight excluding hydrogens is 328 g/mol. The Balaban J connectivity index is 2.22. The van der Waals surface area contributed by atoms with E-state index in [1.54, 1.807) is 0 Å². The first-order valence-electron chi connectivity index (χ1n) is 10.5. The van der Waals surface area contributed by atoms with Crippen molar-refractivity contribution >= 4 is 0 Å². The molecule has 27 heavy (non-hydrogen) atoms. The van der Waals surface area contributed by atoms with Gasteiger partial charge in [-0.15, -0.1) is 0 Å². The third kappa shape index (κ3) is 11.5. The fourth-order valence-corrected chi connectivity index (χ4v) is 3.10. The summed E-state index contributed by atoms with van der Waals surface area (Å²) in [6, 6.07) is 0. The van der Waals surface area contributed by atoms with Crippen LogP contribution in [0.5, 0.6) is 0 Å². The molecule has 0 aliphatic carbocycles. The highest BCUT2D eigenvalue weighted by molar-refractivity contribution is 5.19. The molecule has 1 rings (SSSR count). The van der Waals surface area contributed by atoms with Crippen molar-refractivity contribution in [2.45, 2.75) is 92.9 Å². The van der Waals surface area contributed by atoms with Crippen molar-refractivity contribution in [1.29, 1.82) is 0 Å². The number of hydrogen-bond acceptors (Lipinski definition) is 1. The molecule has 1 heterocycles. The van der Waals surface area contributed by atoms with Crippen LogP contribution < -0.4 is 0 Å². The minimum Gasteiger partial charge on any atom is -0.472 e. The lowest BCUT2D eigenvalue weighted by Gasteiger charge is -2.03. The van der Waals surface area contributed by atoms with Crippen molar-refractivity contribution in [2.75, 3.05) is 0 Å². The lowest BCUT2D eigenvalue weighted by molar-refractivity contribution is 0.562. The van der Waals surface area contributed by atoms with E-state index in [4.69, 9.17) is 4.42 Å². The van der Waals surface area contributed by atoms with Gasteiger partial charge in [0.1, 0.15) is 0 Å². The van der Waals surface area contributed by atoms with Gasteiger partial charge in [-0.3, -0.25) is 0 Å². The van der Waals surface area contributed by atoms with Crippen molar-refractivity contribution < 1.29 is 4.42 Å². The fraction of sp³-hybridized carbons (Fsp3) is 0.538. The molecule has 0 aromatic carbocycles. The Morgan fingerprint density at radius 2 is 1.19 bits per heavy atom. The van der Waals surface area contributed by atoms with E-state index in [2.05, 4.69) is 65.8 Å². The molecule has 1 aromatic rings. The number of hydrogen-bond donors (Lipinski definition) is 0. The maximum absolute atomic E-state index is 5.23. The summed E-state index contributed by atoms with van der Waals surface area (Å²) in [5.74, 6) is 0. The number of rotatable bonds is 12. The number of allylic oxidation sites excluding steroid dienone is 8. The summed E-state index contributed by atoms with van der Waals surface area (Å²) in [5.41, 5.74) is 8.55. The summed E-state index contributed by atoms with van der Waals surface area (Å²) in [6.07, 6.45) is 22.5. The van der Waals surface area contributed by atoms with Crippen LogP contribution in [0.2, 0.25) is 0 Å². The molecule has 0 fully saturated rings. The second-order valence-electron chi connectivity index (χ2n) is 8.17. The van der Waals surface area contributed by atoms with Gasteiger partial charge >= 0.3 is 0 Å². The van der Waals surface area contributed by atoms with Crippen molar-refractivity contribution in [3.63, 3.8) is 0 Å². The Hall–Kier alpha value is -1.76. The van der Waals surface area contributed by atoms with Crippen LogP contribution in [-0.2, 0) is 6.42 Å². The van der Waals surface area contributed by atoms with Crippen LogP contribution >= 0.6 is 0 Å². The zero-order valence-electron chi connectivity index (χ0n) is 18.5. The zero-order valence-corrected chi connectivity index (χ0v) is 18.5. The molecule has 0 bridgehead atoms. The normalized spacial score (nSPS) is 13.2. The summed E-state index contributed by atoms with van der Waals surface area (Å²) in [7, 11) is 0. The lowest BCUT2D eigenvalue weighted by Crippen LogP contribution is -1.85. The van der Waals surface area contributed by atoms with Crippen LogP contribution in [0.25, 0.3) is 0 Å². The van der Waals surface area contributed by atoms with Crippen molar-refractivity contribution in [3.8, 4) is 0 Å². The Kier molecular flexibility index (Phi) is 11.6. The van der Waals surface area contributed by atoms with E-state index in [0.29, 0.717) is 0 Å². The molecule has 0 amide bonds. The Labute approximate surface area is 167 Å². The van der Waals surface area contributed by atoms with Crippen LogP contribution in [0.3, 0.4) is 0 Å². The molecule has 0 unspecified atom stereocenters. The van der Waals surface area contributed by atoms with E-state index in [9.17, 15) is 0 Å². The molecular formula is C26H40O. The monoisotopic (exact) mass is 368 g/mol. The van der Waals surface area contributed by atoms with E-state index in [1.165, 1.54) is 65.5 Å². The fourth-order valence-electron chi connectivity index (χ4n) is 3.10. The first kappa shape index (κ1) is 23.3. The molecule has 1 heteroatoms. The molecule has 0 radical (unpaired) electrons. The van der Waals surface area contributed by atoms with Gasteiger partial charge in [-0.2, -0.15) is 0 Å². The third-order valence-electron chi connectivity index (χ3n) is 5.02. The molecule has 0 saturated carbocycles. The van der Waals surface area contributed by atoms with Gasteiger partial charge in [-0.25, -0.2) is 0 Å². The summed E-state index contributed by atoms with van der Waals surface area (Å²) < 4.78 is 5.23. The highest BCUT2D eigenvalue weighted by Crippen LogP contribution is 2.15. The summed E-state index contributed by atoms with van der Waals surface area (Å²) in [6.45, 7) is 13.2. The van der Waals surface area contributed by atoms with Gasteiger partial charge in [-0.05, 0) is 104 Å². The Morgan fingerprint density at radius 3 is 1.63 bits per heavy atom. The van der Waals surface area contributed by atoms with Gasteiger partial charge in [-0.1, -0.05) is 46.6 Å². The van der Waals surface area contributed by atoms with Crippen molar-refractivity contribution in [2.24, 2.45) is 0 Å². The molecule has 1 nitrogen and oxygen atoms in total. The standard InChI is InChI=1S/C26H40O/c1-21(2)11-7-12-22(3)13-8-14-23(4)15-9-16-24(5)17-10-18-26-20-27-19-25(26)6/h11,13,15,17,19-20H,7-10,12,14,16,18H2,1-6H3/b22-13+,23-15+,24-17+.